The summed E-state index contributed by atoms with van der Waals surface area (Å²) in [5.74, 6) is -1.19. The highest BCUT2D eigenvalue weighted by molar-refractivity contribution is 7.92. The van der Waals surface area contributed by atoms with Crippen LogP contribution < -0.4 is 5.73 Å². The lowest BCUT2D eigenvalue weighted by Gasteiger charge is -2.14. The van der Waals surface area contributed by atoms with Crippen LogP contribution in [0.3, 0.4) is 0 Å². The molecule has 0 heterocycles. The number of hydrogen-bond acceptors (Lipinski definition) is 5. The van der Waals surface area contributed by atoms with E-state index in [2.05, 4.69) is 0 Å². The first-order chi connectivity index (χ1) is 12.4. The van der Waals surface area contributed by atoms with Crippen LogP contribution in [0, 0.1) is 5.41 Å². The predicted molar refractivity (Wildman–Crippen MR) is 99.7 cm³/mol. The molecule has 0 radical (unpaired) electrons. The summed E-state index contributed by atoms with van der Waals surface area (Å²) >= 11 is 6.08. The topological polar surface area (TPSA) is 86.5 Å². The molecule has 0 unspecified atom stereocenters. The smallest absolute Gasteiger partial charge is 0.315 e. The summed E-state index contributed by atoms with van der Waals surface area (Å²) in [5.41, 5.74) is 5.29. The molecule has 1 aliphatic carbocycles. The zero-order valence-electron chi connectivity index (χ0n) is 14.3. The Balaban J connectivity index is 2.13. The first kappa shape index (κ1) is 18.9. The van der Waals surface area contributed by atoms with Crippen molar-refractivity contribution in [3.63, 3.8) is 0 Å². The quantitative estimate of drug-likeness (QED) is 0.762. The summed E-state index contributed by atoms with van der Waals surface area (Å²) in [5, 5.41) is -0.514. The van der Waals surface area contributed by atoms with Gasteiger partial charge in [-0.2, -0.15) is 0 Å². The summed E-state index contributed by atoms with van der Waals surface area (Å²) in [6, 6.07) is 15.0. The minimum absolute atomic E-state index is 0.125. The zero-order chi connectivity index (χ0) is 18.9. The van der Waals surface area contributed by atoms with Crippen LogP contribution in [0.15, 0.2) is 59.5 Å². The Bertz CT molecular complexity index is 916. The number of benzene rings is 2. The number of carbonyl (C=O) groups excluding carboxylic acids is 1. The Kier molecular flexibility index (Phi) is 5.10. The molecule has 7 heteroatoms. The SMILES string of the molecule is CCOC(=O)[C@]1(CN)[C@@H](c2cccc(Cl)c2)[C@@H]1S(=O)(=O)c1ccccc1. The molecule has 0 aliphatic heterocycles. The van der Waals surface area contributed by atoms with E-state index in [0.717, 1.165) is 0 Å². The monoisotopic (exact) mass is 393 g/mol. The molecular weight excluding hydrogens is 374 g/mol. The van der Waals surface area contributed by atoms with Crippen LogP contribution in [0.2, 0.25) is 5.02 Å². The lowest BCUT2D eigenvalue weighted by atomic mass is 9.99. The molecule has 2 N–H and O–H groups in total. The van der Waals surface area contributed by atoms with Crippen molar-refractivity contribution in [3.05, 3.63) is 65.2 Å². The van der Waals surface area contributed by atoms with Crippen molar-refractivity contribution in [1.82, 2.24) is 0 Å². The fourth-order valence-electron chi connectivity index (χ4n) is 3.62. The van der Waals surface area contributed by atoms with Crippen molar-refractivity contribution in [1.29, 1.82) is 0 Å². The van der Waals surface area contributed by atoms with Gasteiger partial charge in [-0.3, -0.25) is 4.79 Å². The van der Waals surface area contributed by atoms with E-state index < -0.39 is 32.4 Å². The maximum atomic E-state index is 13.3. The average Bonchev–Trinajstić information content (AvgIpc) is 3.34. The first-order valence-corrected chi connectivity index (χ1v) is 10.2. The highest BCUT2D eigenvalue weighted by atomic mass is 35.5. The van der Waals surface area contributed by atoms with Gasteiger partial charge in [0, 0.05) is 17.5 Å². The molecule has 3 rings (SSSR count). The third kappa shape index (κ3) is 2.92. The molecule has 1 saturated carbocycles. The number of esters is 1. The van der Waals surface area contributed by atoms with Gasteiger partial charge in [-0.25, -0.2) is 8.42 Å². The third-order valence-corrected chi connectivity index (χ3v) is 7.39. The molecule has 2 aromatic carbocycles. The van der Waals surface area contributed by atoms with E-state index >= 15 is 0 Å². The molecule has 3 atom stereocenters. The van der Waals surface area contributed by atoms with Crippen LogP contribution in [-0.2, 0) is 19.4 Å². The fourth-order valence-corrected chi connectivity index (χ4v) is 6.23. The lowest BCUT2D eigenvalue weighted by Crippen LogP contribution is -2.33. The van der Waals surface area contributed by atoms with E-state index in [1.807, 2.05) is 0 Å². The number of hydrogen-bond donors (Lipinski definition) is 1. The van der Waals surface area contributed by atoms with Gasteiger partial charge in [-0.15, -0.1) is 0 Å². The largest absolute Gasteiger partial charge is 0.465 e. The number of nitrogens with two attached hydrogens (primary N) is 1. The summed E-state index contributed by atoms with van der Waals surface area (Å²) in [7, 11) is -3.78. The predicted octanol–water partition coefficient (Wildman–Crippen LogP) is 2.79. The number of sulfone groups is 1. The molecule has 26 heavy (non-hydrogen) atoms. The second kappa shape index (κ2) is 7.02. The molecular formula is C19H20ClNO4S. The summed E-state index contributed by atoms with van der Waals surface area (Å²) in [4.78, 5) is 12.9. The first-order valence-electron chi connectivity index (χ1n) is 8.31. The Morgan fingerprint density at radius 2 is 1.88 bits per heavy atom. The Hall–Kier alpha value is -1.89. The third-order valence-electron chi connectivity index (χ3n) is 4.86. The molecule has 0 bridgehead atoms. The minimum Gasteiger partial charge on any atom is -0.465 e. The number of halogens is 1. The molecule has 0 spiro atoms. The van der Waals surface area contributed by atoms with Gasteiger partial charge in [0.15, 0.2) is 9.84 Å². The zero-order valence-corrected chi connectivity index (χ0v) is 15.8. The molecule has 5 nitrogen and oxygen atoms in total. The molecule has 1 aliphatic rings. The molecule has 138 valence electrons. The van der Waals surface area contributed by atoms with Crippen LogP contribution in [0.5, 0.6) is 0 Å². The van der Waals surface area contributed by atoms with Crippen molar-refractivity contribution < 1.29 is 17.9 Å². The summed E-state index contributed by atoms with van der Waals surface area (Å²) in [6.07, 6.45) is 0. The van der Waals surface area contributed by atoms with Crippen molar-refractivity contribution in [2.24, 2.45) is 11.1 Å². The molecule has 2 aromatic rings. The fraction of sp³-hybridized carbons (Fsp3) is 0.316. The van der Waals surface area contributed by atoms with Crippen LogP contribution >= 0.6 is 11.6 Å². The van der Waals surface area contributed by atoms with E-state index in [0.29, 0.717) is 10.6 Å². The number of ether oxygens (including phenoxy) is 1. The number of rotatable bonds is 6. The van der Waals surface area contributed by atoms with E-state index in [-0.39, 0.29) is 18.0 Å². The van der Waals surface area contributed by atoms with Crippen LogP contribution in [0.1, 0.15) is 18.4 Å². The Labute approximate surface area is 158 Å². The van der Waals surface area contributed by atoms with Gasteiger partial charge in [0.1, 0.15) is 5.41 Å². The molecule has 0 amide bonds. The van der Waals surface area contributed by atoms with E-state index in [9.17, 15) is 13.2 Å². The average molecular weight is 394 g/mol. The molecule has 1 fully saturated rings. The lowest BCUT2D eigenvalue weighted by molar-refractivity contribution is -0.149. The second-order valence-electron chi connectivity index (χ2n) is 6.28. The van der Waals surface area contributed by atoms with E-state index in [4.69, 9.17) is 22.1 Å². The van der Waals surface area contributed by atoms with Crippen LogP contribution in [0.25, 0.3) is 0 Å². The van der Waals surface area contributed by atoms with Gasteiger partial charge in [0.25, 0.3) is 0 Å². The highest BCUT2D eigenvalue weighted by Crippen LogP contribution is 2.64. The Morgan fingerprint density at radius 3 is 2.46 bits per heavy atom. The minimum atomic E-state index is -3.78. The van der Waals surface area contributed by atoms with Crippen molar-refractivity contribution in [2.75, 3.05) is 13.2 Å². The summed E-state index contributed by atoms with van der Waals surface area (Å²) in [6.45, 7) is 1.71. The summed E-state index contributed by atoms with van der Waals surface area (Å²) < 4.78 is 31.7. The number of carbonyl (C=O) groups is 1. The van der Waals surface area contributed by atoms with E-state index in [1.54, 1.807) is 49.4 Å². The van der Waals surface area contributed by atoms with Gasteiger partial charge in [0.05, 0.1) is 16.8 Å². The van der Waals surface area contributed by atoms with Crippen molar-refractivity contribution in [2.45, 2.75) is 23.0 Å². The maximum Gasteiger partial charge on any atom is 0.315 e. The van der Waals surface area contributed by atoms with Gasteiger partial charge in [0.2, 0.25) is 0 Å². The van der Waals surface area contributed by atoms with Crippen molar-refractivity contribution >= 4 is 27.4 Å². The van der Waals surface area contributed by atoms with E-state index in [1.165, 1.54) is 12.1 Å². The van der Waals surface area contributed by atoms with Gasteiger partial charge in [-0.05, 0) is 36.8 Å². The molecule has 0 aromatic heterocycles. The highest BCUT2D eigenvalue weighted by Gasteiger charge is 2.75. The normalized spacial score (nSPS) is 24.9. The molecule has 0 saturated heterocycles. The van der Waals surface area contributed by atoms with Gasteiger partial charge >= 0.3 is 5.97 Å². The van der Waals surface area contributed by atoms with Gasteiger partial charge in [-0.1, -0.05) is 41.9 Å². The van der Waals surface area contributed by atoms with Crippen LogP contribution in [0.4, 0.5) is 0 Å². The van der Waals surface area contributed by atoms with Crippen LogP contribution in [-0.4, -0.2) is 32.8 Å². The second-order valence-corrected chi connectivity index (χ2v) is 8.78. The standard InChI is InChI=1S/C19H20ClNO4S/c1-2-25-18(22)19(12-21)16(13-7-6-8-14(20)11-13)17(19)26(23,24)15-9-4-3-5-10-15/h3-11,16-17H,2,12,21H2,1H3/t16-,17-,19+/m0/s1. The van der Waals surface area contributed by atoms with Crippen molar-refractivity contribution in [3.8, 4) is 0 Å². The maximum absolute atomic E-state index is 13.3. The van der Waals surface area contributed by atoms with Gasteiger partial charge < -0.3 is 10.5 Å². The Morgan fingerprint density at radius 1 is 1.19 bits per heavy atom.